The predicted molar refractivity (Wildman–Crippen MR) is 131 cm³/mol. The van der Waals surface area contributed by atoms with E-state index in [0.29, 0.717) is 22.9 Å². The molecule has 0 spiro atoms. The molecule has 0 saturated heterocycles. The molecule has 32 heavy (non-hydrogen) atoms. The van der Waals surface area contributed by atoms with Crippen molar-refractivity contribution in [2.75, 3.05) is 29.6 Å². The summed E-state index contributed by atoms with van der Waals surface area (Å²) in [5.41, 5.74) is 5.05. The standard InChI is InChI=1S/C26H25N5O/c1-18-27-24(19-8-5-4-6-9-19)17-25(28-18)29-21-10-7-11-22(16-21)30-26(32)20-12-14-23(15-13-20)31(2)3/h4-17H,1-3H3,(H,30,32)(H,27,28,29). The summed E-state index contributed by atoms with van der Waals surface area (Å²) in [5, 5.41) is 6.28. The number of hydrogen-bond acceptors (Lipinski definition) is 5. The quantitative estimate of drug-likeness (QED) is 0.428. The Morgan fingerprint density at radius 1 is 0.812 bits per heavy atom. The number of rotatable bonds is 6. The molecule has 4 aromatic rings. The first-order valence-corrected chi connectivity index (χ1v) is 10.3. The summed E-state index contributed by atoms with van der Waals surface area (Å²) < 4.78 is 0. The van der Waals surface area contributed by atoms with Crippen molar-refractivity contribution in [3.63, 3.8) is 0 Å². The Morgan fingerprint density at radius 3 is 2.25 bits per heavy atom. The summed E-state index contributed by atoms with van der Waals surface area (Å²) in [6, 6.07) is 27.0. The van der Waals surface area contributed by atoms with E-state index in [2.05, 4.69) is 20.6 Å². The average molecular weight is 424 g/mol. The van der Waals surface area contributed by atoms with Gasteiger partial charge in [0.05, 0.1) is 5.69 Å². The molecular formula is C26H25N5O. The Balaban J connectivity index is 1.50. The molecular weight excluding hydrogens is 398 g/mol. The van der Waals surface area contributed by atoms with Gasteiger partial charge in [-0.15, -0.1) is 0 Å². The van der Waals surface area contributed by atoms with E-state index in [-0.39, 0.29) is 5.91 Å². The van der Waals surface area contributed by atoms with Crippen LogP contribution in [0, 0.1) is 6.92 Å². The lowest BCUT2D eigenvalue weighted by molar-refractivity contribution is 0.102. The molecule has 3 aromatic carbocycles. The summed E-state index contributed by atoms with van der Waals surface area (Å²) in [6.07, 6.45) is 0. The lowest BCUT2D eigenvalue weighted by atomic mass is 10.1. The molecule has 1 heterocycles. The van der Waals surface area contributed by atoms with E-state index in [9.17, 15) is 4.79 Å². The fourth-order valence-electron chi connectivity index (χ4n) is 3.33. The zero-order valence-corrected chi connectivity index (χ0v) is 18.3. The van der Waals surface area contributed by atoms with E-state index in [0.717, 1.165) is 22.6 Å². The van der Waals surface area contributed by atoms with Gasteiger partial charge in [-0.3, -0.25) is 4.79 Å². The van der Waals surface area contributed by atoms with Crippen molar-refractivity contribution in [3.05, 3.63) is 96.3 Å². The van der Waals surface area contributed by atoms with Crippen molar-refractivity contribution >= 4 is 28.8 Å². The number of aromatic nitrogens is 2. The second-order valence-electron chi connectivity index (χ2n) is 7.65. The van der Waals surface area contributed by atoms with Gasteiger partial charge < -0.3 is 15.5 Å². The third kappa shape index (κ3) is 5.10. The van der Waals surface area contributed by atoms with Gasteiger partial charge in [0.2, 0.25) is 0 Å². The molecule has 1 aromatic heterocycles. The Kier molecular flexibility index (Phi) is 6.12. The Morgan fingerprint density at radius 2 is 1.53 bits per heavy atom. The number of carbonyl (C=O) groups is 1. The van der Waals surface area contributed by atoms with E-state index in [4.69, 9.17) is 0 Å². The van der Waals surface area contributed by atoms with Crippen LogP contribution in [0.25, 0.3) is 11.3 Å². The van der Waals surface area contributed by atoms with Crippen LogP contribution in [0.2, 0.25) is 0 Å². The lowest BCUT2D eigenvalue weighted by Gasteiger charge is -2.13. The van der Waals surface area contributed by atoms with Gasteiger partial charge in [0.25, 0.3) is 5.91 Å². The van der Waals surface area contributed by atoms with Crippen LogP contribution in [0.15, 0.2) is 84.9 Å². The third-order valence-electron chi connectivity index (χ3n) is 4.95. The minimum atomic E-state index is -0.156. The molecule has 0 aliphatic heterocycles. The summed E-state index contributed by atoms with van der Waals surface area (Å²) in [4.78, 5) is 23.7. The molecule has 0 radical (unpaired) electrons. The second-order valence-corrected chi connectivity index (χ2v) is 7.65. The molecule has 0 aliphatic rings. The number of amides is 1. The van der Waals surface area contributed by atoms with Crippen molar-refractivity contribution < 1.29 is 4.79 Å². The molecule has 0 saturated carbocycles. The van der Waals surface area contributed by atoms with Gasteiger partial charge >= 0.3 is 0 Å². The predicted octanol–water partition coefficient (Wildman–Crippen LogP) is 5.51. The van der Waals surface area contributed by atoms with Gasteiger partial charge in [-0.25, -0.2) is 9.97 Å². The molecule has 6 nitrogen and oxygen atoms in total. The van der Waals surface area contributed by atoms with Crippen LogP contribution in [0.4, 0.5) is 22.9 Å². The van der Waals surface area contributed by atoms with E-state index < -0.39 is 0 Å². The van der Waals surface area contributed by atoms with Gasteiger partial charge in [0.15, 0.2) is 0 Å². The molecule has 2 N–H and O–H groups in total. The largest absolute Gasteiger partial charge is 0.378 e. The van der Waals surface area contributed by atoms with Gasteiger partial charge in [-0.05, 0) is 49.4 Å². The van der Waals surface area contributed by atoms with Crippen LogP contribution in [0.5, 0.6) is 0 Å². The Labute approximate surface area is 188 Å². The maximum atomic E-state index is 12.6. The molecule has 4 rings (SSSR count). The lowest BCUT2D eigenvalue weighted by Crippen LogP contribution is -2.13. The zero-order valence-electron chi connectivity index (χ0n) is 18.3. The minimum Gasteiger partial charge on any atom is -0.378 e. The molecule has 0 fully saturated rings. The number of nitrogens with zero attached hydrogens (tertiary/aromatic N) is 3. The maximum absolute atomic E-state index is 12.6. The minimum absolute atomic E-state index is 0.156. The van der Waals surface area contributed by atoms with Crippen molar-refractivity contribution in [1.82, 2.24) is 9.97 Å². The van der Waals surface area contributed by atoms with Gasteiger partial charge in [-0.2, -0.15) is 0 Å². The van der Waals surface area contributed by atoms with Gasteiger partial charge in [0, 0.05) is 48.4 Å². The smallest absolute Gasteiger partial charge is 0.255 e. The maximum Gasteiger partial charge on any atom is 0.255 e. The fraction of sp³-hybridized carbons (Fsp3) is 0.115. The number of carbonyl (C=O) groups excluding carboxylic acids is 1. The highest BCUT2D eigenvalue weighted by Gasteiger charge is 2.08. The molecule has 0 aliphatic carbocycles. The Hall–Kier alpha value is -4.19. The van der Waals surface area contributed by atoms with Crippen LogP contribution in [-0.2, 0) is 0 Å². The monoisotopic (exact) mass is 423 g/mol. The highest BCUT2D eigenvalue weighted by molar-refractivity contribution is 6.04. The fourth-order valence-corrected chi connectivity index (χ4v) is 3.33. The zero-order chi connectivity index (χ0) is 22.5. The molecule has 0 unspecified atom stereocenters. The highest BCUT2D eigenvalue weighted by Crippen LogP contribution is 2.24. The summed E-state index contributed by atoms with van der Waals surface area (Å²) in [7, 11) is 3.94. The molecule has 0 bridgehead atoms. The van der Waals surface area contributed by atoms with Crippen LogP contribution in [0.3, 0.4) is 0 Å². The molecule has 6 heteroatoms. The van der Waals surface area contributed by atoms with Crippen LogP contribution >= 0.6 is 0 Å². The SMILES string of the molecule is Cc1nc(Nc2cccc(NC(=O)c3ccc(N(C)C)cc3)c2)cc(-c2ccccc2)n1. The van der Waals surface area contributed by atoms with Crippen LogP contribution in [0.1, 0.15) is 16.2 Å². The van der Waals surface area contributed by atoms with Crippen molar-refractivity contribution in [3.8, 4) is 11.3 Å². The summed E-state index contributed by atoms with van der Waals surface area (Å²) in [6.45, 7) is 1.87. The number of nitrogens with one attached hydrogen (secondary N) is 2. The molecule has 1 amide bonds. The third-order valence-corrected chi connectivity index (χ3v) is 4.95. The Bertz CT molecular complexity index is 1220. The van der Waals surface area contributed by atoms with Gasteiger partial charge in [0.1, 0.15) is 11.6 Å². The highest BCUT2D eigenvalue weighted by atomic mass is 16.1. The van der Waals surface area contributed by atoms with E-state index in [1.165, 1.54) is 0 Å². The van der Waals surface area contributed by atoms with E-state index in [1.54, 1.807) is 0 Å². The summed E-state index contributed by atoms with van der Waals surface area (Å²) in [5.74, 6) is 1.22. The molecule has 0 atom stereocenters. The van der Waals surface area contributed by atoms with E-state index >= 15 is 0 Å². The van der Waals surface area contributed by atoms with E-state index in [1.807, 2.05) is 111 Å². The first-order chi connectivity index (χ1) is 15.5. The van der Waals surface area contributed by atoms with Crippen molar-refractivity contribution in [2.24, 2.45) is 0 Å². The first-order valence-electron chi connectivity index (χ1n) is 10.3. The van der Waals surface area contributed by atoms with Gasteiger partial charge in [-0.1, -0.05) is 36.4 Å². The normalized spacial score (nSPS) is 10.5. The topological polar surface area (TPSA) is 70.2 Å². The second kappa shape index (κ2) is 9.31. The average Bonchev–Trinajstić information content (AvgIpc) is 2.79. The number of anilines is 4. The summed E-state index contributed by atoms with van der Waals surface area (Å²) >= 11 is 0. The number of hydrogen-bond donors (Lipinski definition) is 2. The first kappa shape index (κ1) is 21.1. The number of aryl methyl sites for hydroxylation is 1. The van der Waals surface area contributed by atoms with Crippen LogP contribution in [-0.4, -0.2) is 30.0 Å². The molecule has 160 valence electrons. The van der Waals surface area contributed by atoms with Crippen molar-refractivity contribution in [2.45, 2.75) is 6.92 Å². The van der Waals surface area contributed by atoms with Crippen molar-refractivity contribution in [1.29, 1.82) is 0 Å². The number of benzene rings is 3. The van der Waals surface area contributed by atoms with Crippen LogP contribution < -0.4 is 15.5 Å².